The van der Waals surface area contributed by atoms with Crippen molar-refractivity contribution < 1.29 is 4.74 Å². The molecule has 2 rings (SSSR count). The van der Waals surface area contributed by atoms with Gasteiger partial charge in [0.05, 0.1) is 29.7 Å². The van der Waals surface area contributed by atoms with Gasteiger partial charge >= 0.3 is 0 Å². The first-order valence-electron chi connectivity index (χ1n) is 7.95. The number of aromatic nitrogens is 2. The Labute approximate surface area is 128 Å². The van der Waals surface area contributed by atoms with Gasteiger partial charge in [0, 0.05) is 26.1 Å². The molecule has 1 N–H and O–H groups in total. The number of nitrogens with one attached hydrogen (secondary N) is 1. The maximum Gasteiger partial charge on any atom is 0.131 e. The van der Waals surface area contributed by atoms with Gasteiger partial charge in [-0.15, -0.1) is 0 Å². The molecule has 0 amide bonds. The molecular formula is C16H28N4O. The molecule has 2 heterocycles. The van der Waals surface area contributed by atoms with E-state index in [0.717, 1.165) is 43.3 Å². The van der Waals surface area contributed by atoms with Crippen LogP contribution in [0.3, 0.4) is 0 Å². The van der Waals surface area contributed by atoms with E-state index >= 15 is 0 Å². The molecule has 0 radical (unpaired) electrons. The van der Waals surface area contributed by atoms with E-state index in [9.17, 15) is 0 Å². The van der Waals surface area contributed by atoms with Gasteiger partial charge in [-0.3, -0.25) is 0 Å². The molecule has 1 aliphatic heterocycles. The summed E-state index contributed by atoms with van der Waals surface area (Å²) in [5.41, 5.74) is 2.19. The highest BCUT2D eigenvalue weighted by molar-refractivity contribution is 5.50. The Morgan fingerprint density at radius 1 is 1.48 bits per heavy atom. The average Bonchev–Trinajstić information content (AvgIpc) is 2.90. The summed E-state index contributed by atoms with van der Waals surface area (Å²) in [6, 6.07) is 0.402. The highest BCUT2D eigenvalue weighted by Crippen LogP contribution is 2.26. The molecule has 5 nitrogen and oxygen atoms in total. The van der Waals surface area contributed by atoms with E-state index in [1.54, 1.807) is 0 Å². The van der Waals surface area contributed by atoms with Crippen LogP contribution in [0.15, 0.2) is 6.20 Å². The summed E-state index contributed by atoms with van der Waals surface area (Å²) < 4.78 is 5.69. The maximum atomic E-state index is 5.69. The van der Waals surface area contributed by atoms with E-state index in [0.29, 0.717) is 12.0 Å². The highest BCUT2D eigenvalue weighted by Gasteiger charge is 2.29. The van der Waals surface area contributed by atoms with E-state index in [1.807, 2.05) is 6.20 Å². The zero-order valence-corrected chi connectivity index (χ0v) is 13.9. The first-order chi connectivity index (χ1) is 10.0. The van der Waals surface area contributed by atoms with Crippen molar-refractivity contribution in [3.05, 3.63) is 17.7 Å². The second-order valence-corrected chi connectivity index (χ2v) is 6.04. The van der Waals surface area contributed by atoms with Crippen LogP contribution in [0.2, 0.25) is 0 Å². The smallest absolute Gasteiger partial charge is 0.131 e. The number of rotatable bonds is 6. The van der Waals surface area contributed by atoms with Gasteiger partial charge in [-0.25, -0.2) is 9.97 Å². The zero-order valence-electron chi connectivity index (χ0n) is 13.9. The molecule has 1 saturated heterocycles. The largest absolute Gasteiger partial charge is 0.376 e. The molecule has 0 bridgehead atoms. The highest BCUT2D eigenvalue weighted by atomic mass is 16.5. The molecule has 1 aliphatic rings. The van der Waals surface area contributed by atoms with E-state index in [1.165, 1.54) is 0 Å². The van der Waals surface area contributed by atoms with Crippen LogP contribution < -0.4 is 10.2 Å². The predicted molar refractivity (Wildman–Crippen MR) is 85.7 cm³/mol. The van der Waals surface area contributed by atoms with Crippen molar-refractivity contribution in [3.63, 3.8) is 0 Å². The number of hydrogen-bond donors (Lipinski definition) is 1. The van der Waals surface area contributed by atoms with Crippen molar-refractivity contribution in [1.82, 2.24) is 15.3 Å². The van der Waals surface area contributed by atoms with Crippen LogP contribution in [-0.4, -0.2) is 42.3 Å². The number of nitrogens with zero attached hydrogens (tertiary/aromatic N) is 3. The fraction of sp³-hybridized carbons (Fsp3) is 0.750. The standard InChI is InChI=1S/C16H28N4O/c1-6-17-9-13-15(10-18-16(19-13)11(2)3)20(5)14-7-8-21-12(14)4/h10-12,14,17H,6-9H2,1-5H3. The van der Waals surface area contributed by atoms with Gasteiger partial charge in [-0.2, -0.15) is 0 Å². The Hall–Kier alpha value is -1.20. The molecule has 118 valence electrons. The Bertz CT molecular complexity index is 464. The Morgan fingerprint density at radius 3 is 2.81 bits per heavy atom. The summed E-state index contributed by atoms with van der Waals surface area (Å²) in [5.74, 6) is 1.26. The lowest BCUT2D eigenvalue weighted by molar-refractivity contribution is 0.118. The quantitative estimate of drug-likeness (QED) is 0.872. The van der Waals surface area contributed by atoms with Gasteiger partial charge < -0.3 is 15.0 Å². The fourth-order valence-corrected chi connectivity index (χ4v) is 2.78. The van der Waals surface area contributed by atoms with Crippen molar-refractivity contribution in [2.75, 3.05) is 25.1 Å². The van der Waals surface area contributed by atoms with Gasteiger partial charge in [0.1, 0.15) is 5.82 Å². The van der Waals surface area contributed by atoms with Crippen molar-refractivity contribution in [2.45, 2.75) is 58.7 Å². The SMILES string of the molecule is CCNCc1nc(C(C)C)ncc1N(C)C1CCOC1C. The molecule has 0 spiro atoms. The van der Waals surface area contributed by atoms with Gasteiger partial charge in [0.25, 0.3) is 0 Å². The summed E-state index contributed by atoms with van der Waals surface area (Å²) in [4.78, 5) is 11.6. The monoisotopic (exact) mass is 292 g/mol. The first kappa shape index (κ1) is 16.2. The van der Waals surface area contributed by atoms with Crippen LogP contribution in [0.5, 0.6) is 0 Å². The molecule has 0 aromatic carbocycles. The van der Waals surface area contributed by atoms with Crippen molar-refractivity contribution in [3.8, 4) is 0 Å². The van der Waals surface area contributed by atoms with Crippen LogP contribution in [0.4, 0.5) is 5.69 Å². The van der Waals surface area contributed by atoms with Crippen LogP contribution in [0, 0.1) is 0 Å². The van der Waals surface area contributed by atoms with Crippen molar-refractivity contribution in [2.24, 2.45) is 0 Å². The number of ether oxygens (including phenoxy) is 1. The van der Waals surface area contributed by atoms with E-state index in [-0.39, 0.29) is 6.10 Å². The first-order valence-corrected chi connectivity index (χ1v) is 7.95. The number of hydrogen-bond acceptors (Lipinski definition) is 5. The maximum absolute atomic E-state index is 5.69. The Morgan fingerprint density at radius 2 is 2.24 bits per heavy atom. The summed E-state index contributed by atoms with van der Waals surface area (Å²) in [5, 5.41) is 3.38. The minimum Gasteiger partial charge on any atom is -0.376 e. The lowest BCUT2D eigenvalue weighted by Crippen LogP contribution is -2.38. The van der Waals surface area contributed by atoms with Crippen LogP contribution in [0.25, 0.3) is 0 Å². The predicted octanol–water partition coefficient (Wildman–Crippen LogP) is 2.32. The minimum absolute atomic E-state index is 0.256. The third kappa shape index (κ3) is 3.71. The second kappa shape index (κ2) is 7.18. The third-order valence-corrected chi connectivity index (χ3v) is 4.14. The minimum atomic E-state index is 0.256. The van der Waals surface area contributed by atoms with Gasteiger partial charge in [-0.05, 0) is 19.9 Å². The Balaban J connectivity index is 2.27. The van der Waals surface area contributed by atoms with E-state index in [2.05, 4.69) is 49.9 Å². The molecule has 2 unspecified atom stereocenters. The second-order valence-electron chi connectivity index (χ2n) is 6.04. The Kier molecular flexibility index (Phi) is 5.53. The van der Waals surface area contributed by atoms with Gasteiger partial charge in [0.15, 0.2) is 0 Å². The molecule has 2 atom stereocenters. The lowest BCUT2D eigenvalue weighted by atomic mass is 10.1. The summed E-state index contributed by atoms with van der Waals surface area (Å²) in [6.45, 7) is 11.1. The van der Waals surface area contributed by atoms with Crippen LogP contribution >= 0.6 is 0 Å². The third-order valence-electron chi connectivity index (χ3n) is 4.14. The van der Waals surface area contributed by atoms with Crippen LogP contribution in [-0.2, 0) is 11.3 Å². The summed E-state index contributed by atoms with van der Waals surface area (Å²) in [7, 11) is 2.12. The molecule has 5 heteroatoms. The number of anilines is 1. The lowest BCUT2D eigenvalue weighted by Gasteiger charge is -2.30. The van der Waals surface area contributed by atoms with Crippen LogP contribution in [0.1, 0.15) is 51.6 Å². The molecule has 0 aliphatic carbocycles. The van der Waals surface area contributed by atoms with E-state index in [4.69, 9.17) is 9.72 Å². The van der Waals surface area contributed by atoms with Crippen molar-refractivity contribution >= 4 is 5.69 Å². The average molecular weight is 292 g/mol. The topological polar surface area (TPSA) is 50.3 Å². The zero-order chi connectivity index (χ0) is 15.4. The van der Waals surface area contributed by atoms with Crippen molar-refractivity contribution in [1.29, 1.82) is 0 Å². The molecule has 1 fully saturated rings. The molecule has 21 heavy (non-hydrogen) atoms. The normalized spacial score (nSPS) is 22.0. The van der Waals surface area contributed by atoms with E-state index < -0.39 is 0 Å². The van der Waals surface area contributed by atoms with Gasteiger partial charge in [-0.1, -0.05) is 20.8 Å². The number of likely N-dealkylation sites (N-methyl/N-ethyl adjacent to an activating group) is 1. The molecule has 1 aromatic rings. The summed E-state index contributed by atoms with van der Waals surface area (Å²) >= 11 is 0. The fourth-order valence-electron chi connectivity index (χ4n) is 2.78. The molecule has 1 aromatic heterocycles. The summed E-state index contributed by atoms with van der Waals surface area (Å²) in [6.07, 6.45) is 3.29. The molecule has 0 saturated carbocycles. The van der Waals surface area contributed by atoms with Gasteiger partial charge in [0.2, 0.25) is 0 Å². The molecular weight excluding hydrogens is 264 g/mol.